The highest BCUT2D eigenvalue weighted by atomic mass is 16.5. The van der Waals surface area contributed by atoms with E-state index in [1.807, 2.05) is 0 Å². The van der Waals surface area contributed by atoms with Crippen molar-refractivity contribution in [1.82, 2.24) is 0 Å². The van der Waals surface area contributed by atoms with E-state index in [0.717, 1.165) is 18.2 Å². The molecule has 2 aromatic carbocycles. The van der Waals surface area contributed by atoms with Crippen molar-refractivity contribution in [1.29, 1.82) is 0 Å². The first-order valence-corrected chi connectivity index (χ1v) is 8.03. The van der Waals surface area contributed by atoms with Gasteiger partial charge in [0.25, 0.3) is 0 Å². The lowest BCUT2D eigenvalue weighted by Crippen LogP contribution is -2.20. The van der Waals surface area contributed by atoms with Crippen molar-refractivity contribution in [3.8, 4) is 23.0 Å². The third kappa shape index (κ3) is 5.28. The van der Waals surface area contributed by atoms with E-state index in [0.29, 0.717) is 5.56 Å². The molecule has 0 aliphatic heterocycles. The molecule has 0 aromatic heterocycles. The number of esters is 1. The maximum atomic E-state index is 11.9. The molecule has 146 valence electrons. The fourth-order valence-corrected chi connectivity index (χ4v) is 2.24. The highest BCUT2D eigenvalue weighted by molar-refractivity contribution is 5.94. The largest absolute Gasteiger partial charge is 0.870 e. The molecule has 0 saturated heterocycles. The molecule has 2 rings (SSSR count). The third-order valence-corrected chi connectivity index (χ3v) is 3.69. The van der Waals surface area contributed by atoms with E-state index in [1.165, 1.54) is 43.3 Å². The van der Waals surface area contributed by atoms with Crippen molar-refractivity contribution in [2.75, 3.05) is 0 Å². The van der Waals surface area contributed by atoms with Crippen molar-refractivity contribution in [2.24, 2.45) is 0 Å². The average Bonchev–Trinajstić information content (AvgIpc) is 2.63. The van der Waals surface area contributed by atoms with Crippen molar-refractivity contribution >= 4 is 24.1 Å². The summed E-state index contributed by atoms with van der Waals surface area (Å²) in [5.74, 6) is -3.95. The molecule has 0 amide bonds. The van der Waals surface area contributed by atoms with Crippen molar-refractivity contribution in [2.45, 2.75) is 13.0 Å². The normalized spacial score (nSPS) is 12.7. The first-order chi connectivity index (χ1) is 13.2. The van der Waals surface area contributed by atoms with Crippen molar-refractivity contribution < 1.29 is 39.9 Å². The van der Waals surface area contributed by atoms with Gasteiger partial charge in [0.05, 0.1) is 5.57 Å². The molecule has 0 aliphatic rings. The lowest BCUT2D eigenvalue weighted by Gasteiger charge is -2.14. The molecule has 2 aromatic rings. The van der Waals surface area contributed by atoms with Gasteiger partial charge >= 0.3 is 11.9 Å². The molecular formula is C20H17O8-. The third-order valence-electron chi connectivity index (χ3n) is 3.69. The molecule has 0 saturated carbocycles. The van der Waals surface area contributed by atoms with E-state index < -0.39 is 29.5 Å². The van der Waals surface area contributed by atoms with Crippen LogP contribution in [-0.2, 0) is 14.3 Å². The summed E-state index contributed by atoms with van der Waals surface area (Å²) >= 11 is 0. The fourth-order valence-electron chi connectivity index (χ4n) is 2.24. The highest BCUT2D eigenvalue weighted by Crippen LogP contribution is 2.26. The van der Waals surface area contributed by atoms with E-state index in [-0.39, 0.29) is 22.6 Å². The molecule has 0 radical (unpaired) electrons. The maximum absolute atomic E-state index is 11.9. The minimum Gasteiger partial charge on any atom is -0.870 e. The smallest absolute Gasteiger partial charge is 0.335 e. The lowest BCUT2D eigenvalue weighted by molar-refractivity contribution is -0.270. The topological polar surface area (TPSA) is 147 Å². The Kier molecular flexibility index (Phi) is 6.28. The van der Waals surface area contributed by atoms with Crippen LogP contribution in [0.1, 0.15) is 18.1 Å². The number of carbonyl (C=O) groups is 2. The second kappa shape index (κ2) is 8.63. The first kappa shape index (κ1) is 20.4. The molecule has 0 fully saturated rings. The minimum absolute atomic E-state index is 0.257. The van der Waals surface area contributed by atoms with Crippen LogP contribution < -0.4 is 5.11 Å². The number of hydrogen-bond acceptors (Lipinski definition) is 7. The predicted octanol–water partition coefficient (Wildman–Crippen LogP) is 1.99. The van der Waals surface area contributed by atoms with Gasteiger partial charge in [-0.25, -0.2) is 9.59 Å². The Hall–Kier alpha value is -3.94. The van der Waals surface area contributed by atoms with E-state index in [4.69, 9.17) is 4.74 Å². The Bertz CT molecular complexity index is 959. The molecule has 0 aliphatic carbocycles. The van der Waals surface area contributed by atoms with Gasteiger partial charge in [-0.05, 0) is 48.4 Å². The van der Waals surface area contributed by atoms with E-state index >= 15 is 0 Å². The summed E-state index contributed by atoms with van der Waals surface area (Å²) in [6, 6.07) is 7.46. The van der Waals surface area contributed by atoms with Gasteiger partial charge in [-0.2, -0.15) is 0 Å². The SMILES string of the molecule is CC(OC(=O)/C=C/c1ccc(O)c(O)c1)/C(=C/c1ccc([O-])c(O)c1)C(=O)O. The standard InChI is InChI=1S/C20H18O8/c1-11(14(20(26)27)8-13-3-6-16(22)18(24)10-13)28-19(25)7-4-12-2-5-15(21)17(23)9-12/h2-11,21-24H,1H3,(H,26,27)/p-1/b7-4+,14-8-. The highest BCUT2D eigenvalue weighted by Gasteiger charge is 2.19. The summed E-state index contributed by atoms with van der Waals surface area (Å²) in [6.45, 7) is 1.36. The summed E-state index contributed by atoms with van der Waals surface area (Å²) in [6.07, 6.45) is 2.42. The van der Waals surface area contributed by atoms with Crippen LogP contribution >= 0.6 is 0 Å². The Balaban J connectivity index is 2.13. The van der Waals surface area contributed by atoms with Crippen LogP contribution in [0.2, 0.25) is 0 Å². The van der Waals surface area contributed by atoms with Crippen LogP contribution in [0.5, 0.6) is 23.0 Å². The summed E-state index contributed by atoms with van der Waals surface area (Å²) in [5.41, 5.74) is 0.414. The van der Waals surface area contributed by atoms with Gasteiger partial charge < -0.3 is 30.3 Å². The second-order valence-corrected chi connectivity index (χ2v) is 5.79. The van der Waals surface area contributed by atoms with Gasteiger partial charge in [-0.15, -0.1) is 0 Å². The van der Waals surface area contributed by atoms with Crippen molar-refractivity contribution in [3.63, 3.8) is 0 Å². The number of phenolic OH excluding ortho intramolecular Hbond substituents is 3. The molecule has 8 nitrogen and oxygen atoms in total. The van der Waals surface area contributed by atoms with E-state index in [9.17, 15) is 35.1 Å². The van der Waals surface area contributed by atoms with Gasteiger partial charge in [-0.1, -0.05) is 23.9 Å². The molecule has 8 heteroatoms. The number of carbonyl (C=O) groups excluding carboxylic acids is 1. The molecule has 4 N–H and O–H groups in total. The Morgan fingerprint density at radius 3 is 2.25 bits per heavy atom. The Labute approximate surface area is 159 Å². The van der Waals surface area contributed by atoms with Gasteiger partial charge in [0.15, 0.2) is 11.5 Å². The zero-order chi connectivity index (χ0) is 20.8. The molecular weight excluding hydrogens is 368 g/mol. The predicted molar refractivity (Wildman–Crippen MR) is 97.5 cm³/mol. The van der Waals surface area contributed by atoms with Gasteiger partial charge in [-0.3, -0.25) is 0 Å². The second-order valence-electron chi connectivity index (χ2n) is 5.79. The summed E-state index contributed by atoms with van der Waals surface area (Å²) < 4.78 is 5.06. The van der Waals surface area contributed by atoms with Crippen LogP contribution in [0, 0.1) is 0 Å². The zero-order valence-electron chi connectivity index (χ0n) is 14.7. The van der Waals surface area contributed by atoms with Crippen LogP contribution in [0.4, 0.5) is 0 Å². The Morgan fingerprint density at radius 2 is 1.64 bits per heavy atom. The van der Waals surface area contributed by atoms with E-state index in [2.05, 4.69) is 0 Å². The molecule has 0 spiro atoms. The van der Waals surface area contributed by atoms with E-state index in [1.54, 1.807) is 0 Å². The minimum atomic E-state index is -1.33. The van der Waals surface area contributed by atoms with Gasteiger partial charge in [0.2, 0.25) is 0 Å². The molecule has 1 atom stereocenters. The van der Waals surface area contributed by atoms with Crippen LogP contribution in [-0.4, -0.2) is 38.5 Å². The maximum Gasteiger partial charge on any atom is 0.335 e. The van der Waals surface area contributed by atoms with Crippen LogP contribution in [0.3, 0.4) is 0 Å². The average molecular weight is 385 g/mol. The summed E-state index contributed by atoms with van der Waals surface area (Å²) in [4.78, 5) is 23.4. The summed E-state index contributed by atoms with van der Waals surface area (Å²) in [7, 11) is 0. The number of benzene rings is 2. The van der Waals surface area contributed by atoms with Crippen LogP contribution in [0.15, 0.2) is 48.0 Å². The number of phenols is 3. The van der Waals surface area contributed by atoms with Gasteiger partial charge in [0.1, 0.15) is 11.9 Å². The Morgan fingerprint density at radius 1 is 1.00 bits per heavy atom. The number of ether oxygens (including phenoxy) is 1. The van der Waals surface area contributed by atoms with Gasteiger partial charge in [0, 0.05) is 6.08 Å². The molecule has 28 heavy (non-hydrogen) atoms. The molecule has 0 bridgehead atoms. The summed E-state index contributed by atoms with van der Waals surface area (Å²) in [5, 5.41) is 48.6. The number of aromatic hydroxyl groups is 3. The van der Waals surface area contributed by atoms with Crippen LogP contribution in [0.25, 0.3) is 12.2 Å². The molecule has 1 unspecified atom stereocenters. The number of hydrogen-bond donors (Lipinski definition) is 4. The molecule has 0 heterocycles. The number of aliphatic carboxylic acids is 1. The fraction of sp³-hybridized carbons (Fsp3) is 0.100. The quantitative estimate of drug-likeness (QED) is 0.335. The number of carboxylic acids is 1. The monoisotopic (exact) mass is 385 g/mol. The first-order valence-electron chi connectivity index (χ1n) is 8.03. The zero-order valence-corrected chi connectivity index (χ0v) is 14.7. The lowest BCUT2D eigenvalue weighted by atomic mass is 10.1. The number of rotatable bonds is 6. The number of carboxylic acid groups (broad SMARTS) is 1. The van der Waals surface area contributed by atoms with Crippen molar-refractivity contribution in [3.05, 3.63) is 59.2 Å².